The van der Waals surface area contributed by atoms with Crippen LogP contribution in [0.1, 0.15) is 44.9 Å². The summed E-state index contributed by atoms with van der Waals surface area (Å²) in [5.74, 6) is 0.109. The standard InChI is InChI=1S/C25H25BF3N3O/c1-24(2,3)14-21(33)19(13-17-9-10-18(11-17)25(27,28)29)32-23-20(31-22(26)15-30-23)12-16-7-5-4-6-8-16/h4-10,13,15H,11-12,14H2,1-3H3,(H,30,32)/b19-13-. The summed E-state index contributed by atoms with van der Waals surface area (Å²) in [6.07, 6.45) is 1.20. The van der Waals surface area contributed by atoms with Crippen molar-refractivity contribution in [3.63, 3.8) is 0 Å². The van der Waals surface area contributed by atoms with Gasteiger partial charge in [0.05, 0.1) is 11.4 Å². The van der Waals surface area contributed by atoms with Gasteiger partial charge in [-0.15, -0.1) is 0 Å². The van der Waals surface area contributed by atoms with Gasteiger partial charge in [0.15, 0.2) is 11.6 Å². The largest absolute Gasteiger partial charge is 0.413 e. The van der Waals surface area contributed by atoms with Gasteiger partial charge in [-0.1, -0.05) is 63.3 Å². The highest BCUT2D eigenvalue weighted by Crippen LogP contribution is 2.35. The molecule has 1 N–H and O–H groups in total. The van der Waals surface area contributed by atoms with Crippen LogP contribution in [-0.4, -0.2) is 29.8 Å². The van der Waals surface area contributed by atoms with E-state index in [4.69, 9.17) is 7.85 Å². The molecule has 3 rings (SSSR count). The van der Waals surface area contributed by atoms with Crippen LogP contribution in [-0.2, 0) is 11.2 Å². The van der Waals surface area contributed by atoms with E-state index in [0.717, 1.165) is 11.6 Å². The smallest absolute Gasteiger partial charge is 0.336 e. The van der Waals surface area contributed by atoms with Crippen molar-refractivity contribution in [1.82, 2.24) is 9.97 Å². The summed E-state index contributed by atoms with van der Waals surface area (Å²) in [6, 6.07) is 9.57. The molecule has 0 saturated carbocycles. The van der Waals surface area contributed by atoms with E-state index in [1.165, 1.54) is 18.3 Å². The number of hydrogen-bond donors (Lipinski definition) is 1. The first-order chi connectivity index (χ1) is 15.4. The van der Waals surface area contributed by atoms with Gasteiger partial charge in [-0.2, -0.15) is 13.2 Å². The quantitative estimate of drug-likeness (QED) is 0.477. The van der Waals surface area contributed by atoms with Crippen LogP contribution in [0.4, 0.5) is 19.0 Å². The van der Waals surface area contributed by atoms with Gasteiger partial charge in [-0.3, -0.25) is 9.78 Å². The van der Waals surface area contributed by atoms with Crippen molar-refractivity contribution >= 4 is 25.0 Å². The zero-order chi connectivity index (χ0) is 24.2. The second-order valence-electron chi connectivity index (χ2n) is 9.20. The predicted molar refractivity (Wildman–Crippen MR) is 124 cm³/mol. The molecule has 1 heterocycles. The molecule has 4 nitrogen and oxygen atoms in total. The van der Waals surface area contributed by atoms with E-state index in [0.29, 0.717) is 23.5 Å². The minimum absolute atomic E-state index is 0.168. The summed E-state index contributed by atoms with van der Waals surface area (Å²) in [7, 11) is 5.84. The zero-order valence-corrected chi connectivity index (χ0v) is 18.8. The molecular formula is C25H25BF3N3O. The molecule has 0 spiro atoms. The average molecular weight is 451 g/mol. The molecule has 1 aliphatic carbocycles. The summed E-state index contributed by atoms with van der Waals surface area (Å²) >= 11 is 0. The van der Waals surface area contributed by atoms with Crippen LogP contribution in [0.25, 0.3) is 0 Å². The highest BCUT2D eigenvalue weighted by atomic mass is 19.4. The third kappa shape index (κ3) is 7.17. The normalized spacial score (nSPS) is 14.7. The van der Waals surface area contributed by atoms with Crippen molar-refractivity contribution in [2.45, 2.75) is 46.2 Å². The number of nitrogens with zero attached hydrogens (tertiary/aromatic N) is 2. The van der Waals surface area contributed by atoms with Crippen molar-refractivity contribution < 1.29 is 18.0 Å². The molecule has 33 heavy (non-hydrogen) atoms. The van der Waals surface area contributed by atoms with E-state index < -0.39 is 11.7 Å². The number of allylic oxidation sites excluding steroid dienone is 6. The van der Waals surface area contributed by atoms with Crippen molar-refractivity contribution in [3.8, 4) is 0 Å². The Morgan fingerprint density at radius 3 is 2.45 bits per heavy atom. The maximum atomic E-state index is 13.1. The fourth-order valence-electron chi connectivity index (χ4n) is 3.38. The van der Waals surface area contributed by atoms with Gasteiger partial charge >= 0.3 is 6.18 Å². The average Bonchev–Trinajstić information content (AvgIpc) is 3.18. The Balaban J connectivity index is 1.92. The van der Waals surface area contributed by atoms with Gasteiger partial charge in [0.25, 0.3) is 0 Å². The molecule has 0 aliphatic heterocycles. The summed E-state index contributed by atoms with van der Waals surface area (Å²) in [5.41, 5.74) is 1.34. The Labute approximate surface area is 193 Å². The Morgan fingerprint density at radius 1 is 1.15 bits per heavy atom. The number of ketones is 1. The van der Waals surface area contributed by atoms with Gasteiger partial charge in [-0.05, 0) is 22.6 Å². The van der Waals surface area contributed by atoms with Crippen molar-refractivity contribution in [2.24, 2.45) is 5.41 Å². The fourth-order valence-corrected chi connectivity index (χ4v) is 3.38. The third-order valence-corrected chi connectivity index (χ3v) is 4.91. The van der Waals surface area contributed by atoms with Gasteiger partial charge in [0.1, 0.15) is 7.85 Å². The molecule has 0 amide bonds. The number of carbonyl (C=O) groups is 1. The van der Waals surface area contributed by atoms with Gasteiger partial charge < -0.3 is 5.32 Å². The summed E-state index contributed by atoms with van der Waals surface area (Å²) in [5, 5.41) is 3.04. The summed E-state index contributed by atoms with van der Waals surface area (Å²) in [6.45, 7) is 5.76. The number of carbonyl (C=O) groups excluding carboxylic acids is 1. The molecule has 0 saturated heterocycles. The summed E-state index contributed by atoms with van der Waals surface area (Å²) < 4.78 is 39.2. The zero-order valence-electron chi connectivity index (χ0n) is 18.8. The molecule has 0 atom stereocenters. The van der Waals surface area contributed by atoms with Crippen LogP contribution in [0.5, 0.6) is 0 Å². The number of aromatic nitrogens is 2. The Hall–Kier alpha value is -3.16. The molecule has 170 valence electrons. The van der Waals surface area contributed by atoms with Gasteiger partial charge in [0, 0.05) is 36.6 Å². The van der Waals surface area contributed by atoms with Crippen molar-refractivity contribution in [1.29, 1.82) is 0 Å². The van der Waals surface area contributed by atoms with Gasteiger partial charge in [0.2, 0.25) is 0 Å². The minimum Gasteiger partial charge on any atom is -0.336 e. The highest BCUT2D eigenvalue weighted by molar-refractivity contribution is 6.30. The first-order valence-electron chi connectivity index (χ1n) is 10.5. The molecule has 0 unspecified atom stereocenters. The van der Waals surface area contributed by atoms with E-state index in [-0.39, 0.29) is 35.3 Å². The Morgan fingerprint density at radius 2 is 1.85 bits per heavy atom. The SMILES string of the molecule is [B]c1cnc(N/C(=C\C2=CC=C(C(F)(F)F)C2)C(=O)CC(C)(C)C)c(Cc2ccccc2)n1. The maximum Gasteiger partial charge on any atom is 0.413 e. The monoisotopic (exact) mass is 451 g/mol. The third-order valence-electron chi connectivity index (χ3n) is 4.91. The van der Waals surface area contributed by atoms with Crippen molar-refractivity contribution in [3.05, 3.63) is 82.9 Å². The number of nitrogens with one attached hydrogen (secondary N) is 1. The molecule has 1 aromatic carbocycles. The second-order valence-corrected chi connectivity index (χ2v) is 9.20. The minimum atomic E-state index is -4.40. The molecule has 8 heteroatoms. The van der Waals surface area contributed by atoms with E-state index in [1.54, 1.807) is 0 Å². The lowest BCUT2D eigenvalue weighted by Gasteiger charge is -2.20. The number of Topliss-reactive ketones (excluding diaryl/α,β-unsaturated/α-hetero) is 1. The van der Waals surface area contributed by atoms with Crippen LogP contribution in [0.2, 0.25) is 0 Å². The molecule has 2 aromatic rings. The van der Waals surface area contributed by atoms with Crippen molar-refractivity contribution in [2.75, 3.05) is 5.32 Å². The van der Waals surface area contributed by atoms with Crippen LogP contribution >= 0.6 is 0 Å². The maximum absolute atomic E-state index is 13.1. The first-order valence-corrected chi connectivity index (χ1v) is 10.5. The first kappa shape index (κ1) is 24.5. The van der Waals surface area contributed by atoms with E-state index in [1.807, 2.05) is 51.1 Å². The van der Waals surface area contributed by atoms with Crippen LogP contribution in [0, 0.1) is 5.41 Å². The Kier molecular flexibility index (Phi) is 7.25. The van der Waals surface area contributed by atoms with Crippen LogP contribution < -0.4 is 10.9 Å². The molecular weight excluding hydrogens is 426 g/mol. The lowest BCUT2D eigenvalue weighted by atomic mass is 9.88. The van der Waals surface area contributed by atoms with Crippen LogP contribution in [0.15, 0.2) is 71.6 Å². The fraction of sp³-hybridized carbons (Fsp3) is 0.320. The number of hydrogen-bond acceptors (Lipinski definition) is 4. The van der Waals surface area contributed by atoms with E-state index >= 15 is 0 Å². The molecule has 1 aromatic heterocycles. The highest BCUT2D eigenvalue weighted by Gasteiger charge is 2.35. The number of anilines is 1. The van der Waals surface area contributed by atoms with E-state index in [9.17, 15) is 18.0 Å². The molecule has 1 aliphatic rings. The summed E-state index contributed by atoms with van der Waals surface area (Å²) in [4.78, 5) is 21.8. The molecule has 0 fully saturated rings. The predicted octanol–water partition coefficient (Wildman–Crippen LogP) is 4.98. The lowest BCUT2D eigenvalue weighted by Crippen LogP contribution is -2.22. The number of benzene rings is 1. The number of alkyl halides is 3. The van der Waals surface area contributed by atoms with Gasteiger partial charge in [-0.25, -0.2) is 4.98 Å². The molecule has 2 radical (unpaired) electrons. The second kappa shape index (κ2) is 9.77. The number of rotatable bonds is 7. The molecule has 0 bridgehead atoms. The lowest BCUT2D eigenvalue weighted by molar-refractivity contribution is -0.117. The Bertz CT molecular complexity index is 1110. The number of halogens is 3. The van der Waals surface area contributed by atoms with E-state index in [2.05, 4.69) is 15.3 Å². The topological polar surface area (TPSA) is 54.9 Å². The van der Waals surface area contributed by atoms with Crippen LogP contribution in [0.3, 0.4) is 0 Å².